The maximum Gasteiger partial charge on any atom is 0.153 e. The van der Waals surface area contributed by atoms with Crippen LogP contribution in [-0.2, 0) is 11.4 Å². The molecule has 0 aromatic heterocycles. The highest BCUT2D eigenvalue weighted by Crippen LogP contribution is 2.48. The molecule has 1 aromatic rings. The van der Waals surface area contributed by atoms with Gasteiger partial charge in [-0.1, -0.05) is 23.9 Å². The molecule has 3 nitrogen and oxygen atoms in total. The van der Waals surface area contributed by atoms with Crippen molar-refractivity contribution in [1.82, 2.24) is 5.48 Å². The molecule has 1 aromatic carbocycles. The van der Waals surface area contributed by atoms with Crippen LogP contribution in [0.5, 0.6) is 5.75 Å². The van der Waals surface area contributed by atoms with Crippen LogP contribution in [0, 0.1) is 0 Å². The molecule has 0 fully saturated rings. The van der Waals surface area contributed by atoms with Gasteiger partial charge in [0.05, 0.1) is 12.0 Å². The smallest absolute Gasteiger partial charge is 0.153 e. The van der Waals surface area contributed by atoms with Gasteiger partial charge < -0.3 is 9.57 Å². The summed E-state index contributed by atoms with van der Waals surface area (Å²) in [4.78, 5) is 5.89. The van der Waals surface area contributed by atoms with E-state index in [0.717, 1.165) is 11.3 Å². The molecule has 0 aliphatic carbocycles. The molecule has 0 saturated carbocycles. The van der Waals surface area contributed by atoms with E-state index >= 15 is 0 Å². The van der Waals surface area contributed by atoms with Gasteiger partial charge in [-0.2, -0.15) is 5.48 Å². The second-order valence-corrected chi connectivity index (χ2v) is 5.50. The Morgan fingerprint density at radius 1 is 1.47 bits per heavy atom. The largest absolute Gasteiger partial charge is 0.475 e. The lowest BCUT2D eigenvalue weighted by Crippen LogP contribution is -2.19. The molecule has 82 valence electrons. The summed E-state index contributed by atoms with van der Waals surface area (Å²) in [6, 6.07) is 6.18. The summed E-state index contributed by atoms with van der Waals surface area (Å²) in [6.45, 7) is 4.81. The number of hydrogen-bond donors (Lipinski definition) is 1. The van der Waals surface area contributed by atoms with Crippen LogP contribution in [0.3, 0.4) is 0 Å². The van der Waals surface area contributed by atoms with E-state index in [1.807, 2.05) is 12.1 Å². The van der Waals surface area contributed by atoms with Gasteiger partial charge in [0.15, 0.2) is 4.93 Å². The SMILES string of the molecule is CONCc1cccc2c1OC(C)(C)S2. The lowest BCUT2D eigenvalue weighted by Gasteiger charge is -2.16. The van der Waals surface area contributed by atoms with Crippen LogP contribution in [-0.4, -0.2) is 12.0 Å². The topological polar surface area (TPSA) is 30.5 Å². The minimum Gasteiger partial charge on any atom is -0.475 e. The second kappa shape index (κ2) is 4.04. The molecule has 1 aliphatic rings. The molecule has 1 heterocycles. The van der Waals surface area contributed by atoms with Crippen LogP contribution in [0.15, 0.2) is 23.1 Å². The van der Waals surface area contributed by atoms with E-state index in [-0.39, 0.29) is 4.93 Å². The molecule has 0 radical (unpaired) electrons. The van der Waals surface area contributed by atoms with E-state index in [0.29, 0.717) is 6.54 Å². The van der Waals surface area contributed by atoms with Gasteiger partial charge in [-0.3, -0.25) is 0 Å². The molecule has 0 unspecified atom stereocenters. The first-order valence-corrected chi connectivity index (χ1v) is 5.70. The van der Waals surface area contributed by atoms with Crippen molar-refractivity contribution < 1.29 is 9.57 Å². The van der Waals surface area contributed by atoms with Crippen LogP contribution in [0.2, 0.25) is 0 Å². The van der Waals surface area contributed by atoms with E-state index in [2.05, 4.69) is 25.4 Å². The van der Waals surface area contributed by atoms with E-state index in [1.54, 1.807) is 18.9 Å². The van der Waals surface area contributed by atoms with Crippen molar-refractivity contribution in [2.24, 2.45) is 0 Å². The quantitative estimate of drug-likeness (QED) is 0.801. The molecule has 0 saturated heterocycles. The number of hydrogen-bond acceptors (Lipinski definition) is 4. The maximum atomic E-state index is 5.89. The third kappa shape index (κ3) is 2.27. The Bertz CT molecular complexity index is 366. The van der Waals surface area contributed by atoms with E-state index in [9.17, 15) is 0 Å². The number of benzene rings is 1. The standard InChI is InChI=1S/C11H15NO2S/c1-11(2)14-10-8(7-12-13-3)5-4-6-9(10)15-11/h4-6,12H,7H2,1-3H3. The molecule has 0 atom stereocenters. The Morgan fingerprint density at radius 3 is 3.00 bits per heavy atom. The average Bonchev–Trinajstić information content (AvgIpc) is 2.49. The van der Waals surface area contributed by atoms with Gasteiger partial charge in [0, 0.05) is 12.1 Å². The predicted molar refractivity (Wildman–Crippen MR) is 60.9 cm³/mol. The number of ether oxygens (including phenoxy) is 1. The van der Waals surface area contributed by atoms with Gasteiger partial charge >= 0.3 is 0 Å². The highest BCUT2D eigenvalue weighted by atomic mass is 32.2. The van der Waals surface area contributed by atoms with Gasteiger partial charge in [-0.15, -0.1) is 0 Å². The van der Waals surface area contributed by atoms with Crippen LogP contribution in [0.25, 0.3) is 0 Å². The minimum absolute atomic E-state index is 0.161. The fourth-order valence-electron chi connectivity index (χ4n) is 1.58. The van der Waals surface area contributed by atoms with Gasteiger partial charge in [0.1, 0.15) is 5.75 Å². The number of para-hydroxylation sites is 1. The highest BCUT2D eigenvalue weighted by molar-refractivity contribution is 8.00. The Labute approximate surface area is 94.1 Å². The van der Waals surface area contributed by atoms with Gasteiger partial charge in [-0.05, 0) is 19.9 Å². The lowest BCUT2D eigenvalue weighted by atomic mass is 10.2. The van der Waals surface area contributed by atoms with Crippen molar-refractivity contribution in [2.45, 2.75) is 30.2 Å². The minimum atomic E-state index is -0.161. The Balaban J connectivity index is 2.25. The number of fused-ring (bicyclic) bond motifs is 1. The first kappa shape index (κ1) is 10.8. The average molecular weight is 225 g/mol. The number of rotatable bonds is 3. The Kier molecular flexibility index (Phi) is 2.91. The van der Waals surface area contributed by atoms with Gasteiger partial charge in [-0.25, -0.2) is 0 Å². The van der Waals surface area contributed by atoms with Gasteiger partial charge in [0.25, 0.3) is 0 Å². The molecule has 0 bridgehead atoms. The Hall–Kier alpha value is -0.710. The first-order chi connectivity index (χ1) is 7.12. The number of nitrogens with one attached hydrogen (secondary N) is 1. The van der Waals surface area contributed by atoms with E-state index in [1.165, 1.54) is 4.90 Å². The molecule has 0 spiro atoms. The van der Waals surface area contributed by atoms with Crippen molar-refractivity contribution in [1.29, 1.82) is 0 Å². The fraction of sp³-hybridized carbons (Fsp3) is 0.455. The van der Waals surface area contributed by atoms with Crippen molar-refractivity contribution in [3.8, 4) is 5.75 Å². The monoisotopic (exact) mass is 225 g/mol. The van der Waals surface area contributed by atoms with E-state index in [4.69, 9.17) is 9.57 Å². The molecule has 15 heavy (non-hydrogen) atoms. The van der Waals surface area contributed by atoms with Crippen LogP contribution in [0.4, 0.5) is 0 Å². The summed E-state index contributed by atoms with van der Waals surface area (Å²) in [5, 5.41) is 0. The van der Waals surface area contributed by atoms with Crippen LogP contribution < -0.4 is 10.2 Å². The summed E-state index contributed by atoms with van der Waals surface area (Å²) in [7, 11) is 1.61. The van der Waals surface area contributed by atoms with Crippen molar-refractivity contribution >= 4 is 11.8 Å². The number of hydroxylamine groups is 1. The molecule has 4 heteroatoms. The van der Waals surface area contributed by atoms with Crippen molar-refractivity contribution in [2.75, 3.05) is 7.11 Å². The zero-order chi connectivity index (χ0) is 10.9. The molecule has 1 N–H and O–H groups in total. The molecular formula is C11H15NO2S. The summed E-state index contributed by atoms with van der Waals surface area (Å²) >= 11 is 1.75. The summed E-state index contributed by atoms with van der Waals surface area (Å²) < 4.78 is 5.89. The third-order valence-corrected chi connectivity index (χ3v) is 3.29. The molecule has 1 aliphatic heterocycles. The second-order valence-electron chi connectivity index (χ2n) is 3.87. The van der Waals surface area contributed by atoms with Crippen molar-refractivity contribution in [3.05, 3.63) is 23.8 Å². The molecule has 0 amide bonds. The Morgan fingerprint density at radius 2 is 2.27 bits per heavy atom. The molecular weight excluding hydrogens is 210 g/mol. The summed E-state index contributed by atoms with van der Waals surface area (Å²) in [5.41, 5.74) is 3.96. The normalized spacial score (nSPS) is 17.3. The zero-order valence-electron chi connectivity index (χ0n) is 9.16. The van der Waals surface area contributed by atoms with Gasteiger partial charge in [0.2, 0.25) is 0 Å². The highest BCUT2D eigenvalue weighted by Gasteiger charge is 2.32. The number of thioether (sulfide) groups is 1. The summed E-state index contributed by atoms with van der Waals surface area (Å²) in [6.07, 6.45) is 0. The zero-order valence-corrected chi connectivity index (χ0v) is 9.98. The predicted octanol–water partition coefficient (Wildman–Crippen LogP) is 2.56. The molecule has 2 rings (SSSR count). The lowest BCUT2D eigenvalue weighted by molar-refractivity contribution is 0.0853. The fourth-order valence-corrected chi connectivity index (χ4v) is 2.64. The van der Waals surface area contributed by atoms with Crippen molar-refractivity contribution in [3.63, 3.8) is 0 Å². The van der Waals surface area contributed by atoms with Crippen LogP contribution in [0.1, 0.15) is 19.4 Å². The van der Waals surface area contributed by atoms with E-state index < -0.39 is 0 Å². The maximum absolute atomic E-state index is 5.89. The van der Waals surface area contributed by atoms with Crippen LogP contribution >= 0.6 is 11.8 Å². The third-order valence-electron chi connectivity index (χ3n) is 2.17. The summed E-state index contributed by atoms with van der Waals surface area (Å²) in [5.74, 6) is 0.983. The first-order valence-electron chi connectivity index (χ1n) is 4.88.